The standard InChI is InChI=1S/C27H32N6O2/c1-19-8-9-20(2)25(16-19)31-12-14-32(15-13-31)26(34)21-6-5-11-33(18-21)27(35)24-17-23(29-30-24)22-7-3-4-10-28-22/h3-4,7-10,16-17,21H,5-6,11-15,18H2,1-2H3,(H,29,30). The number of aryl methyl sites for hydroxylation is 2. The molecule has 2 aliphatic rings. The minimum Gasteiger partial charge on any atom is -0.368 e. The topological polar surface area (TPSA) is 85.4 Å². The van der Waals surface area contributed by atoms with E-state index in [4.69, 9.17) is 0 Å². The first-order valence-electron chi connectivity index (χ1n) is 12.4. The van der Waals surface area contributed by atoms with Gasteiger partial charge in [-0.3, -0.25) is 19.7 Å². The molecule has 3 aromatic rings. The highest BCUT2D eigenvalue weighted by Crippen LogP contribution is 2.25. The Balaban J connectivity index is 1.19. The molecular weight excluding hydrogens is 440 g/mol. The number of rotatable bonds is 4. The average Bonchev–Trinajstić information content (AvgIpc) is 3.40. The van der Waals surface area contributed by atoms with Gasteiger partial charge in [0.2, 0.25) is 5.91 Å². The van der Waals surface area contributed by atoms with Crippen molar-refractivity contribution in [3.63, 3.8) is 0 Å². The summed E-state index contributed by atoms with van der Waals surface area (Å²) in [5, 5.41) is 7.11. The molecule has 4 heterocycles. The van der Waals surface area contributed by atoms with Crippen LogP contribution in [0.5, 0.6) is 0 Å². The normalized spacial score (nSPS) is 18.6. The lowest BCUT2D eigenvalue weighted by atomic mass is 9.95. The quantitative estimate of drug-likeness (QED) is 0.630. The van der Waals surface area contributed by atoms with Crippen molar-refractivity contribution >= 4 is 17.5 Å². The van der Waals surface area contributed by atoms with E-state index in [2.05, 4.69) is 52.1 Å². The molecule has 2 saturated heterocycles. The third-order valence-corrected chi connectivity index (χ3v) is 7.09. The third kappa shape index (κ3) is 4.92. The summed E-state index contributed by atoms with van der Waals surface area (Å²) < 4.78 is 0. The van der Waals surface area contributed by atoms with Gasteiger partial charge >= 0.3 is 0 Å². The molecule has 0 bridgehead atoms. The van der Waals surface area contributed by atoms with Gasteiger partial charge in [0.1, 0.15) is 11.4 Å². The van der Waals surface area contributed by atoms with E-state index in [1.807, 2.05) is 23.1 Å². The van der Waals surface area contributed by atoms with Gasteiger partial charge in [0.25, 0.3) is 5.91 Å². The summed E-state index contributed by atoms with van der Waals surface area (Å²) in [7, 11) is 0. The summed E-state index contributed by atoms with van der Waals surface area (Å²) in [4.78, 5) is 36.9. The van der Waals surface area contributed by atoms with E-state index >= 15 is 0 Å². The zero-order valence-electron chi connectivity index (χ0n) is 20.4. The highest BCUT2D eigenvalue weighted by molar-refractivity contribution is 5.94. The Morgan fingerprint density at radius 3 is 2.54 bits per heavy atom. The number of hydrogen-bond acceptors (Lipinski definition) is 5. The lowest BCUT2D eigenvalue weighted by Crippen LogP contribution is -2.53. The first-order chi connectivity index (χ1) is 17.0. The van der Waals surface area contributed by atoms with Crippen LogP contribution in [0.3, 0.4) is 0 Å². The van der Waals surface area contributed by atoms with Gasteiger partial charge < -0.3 is 14.7 Å². The van der Waals surface area contributed by atoms with Crippen LogP contribution in [0, 0.1) is 19.8 Å². The maximum absolute atomic E-state index is 13.4. The lowest BCUT2D eigenvalue weighted by Gasteiger charge is -2.40. The number of nitrogens with zero attached hydrogens (tertiary/aromatic N) is 5. The maximum atomic E-state index is 13.4. The zero-order valence-corrected chi connectivity index (χ0v) is 20.4. The van der Waals surface area contributed by atoms with Crippen LogP contribution < -0.4 is 4.90 Å². The van der Waals surface area contributed by atoms with E-state index in [-0.39, 0.29) is 17.7 Å². The Hall–Kier alpha value is -3.68. The van der Waals surface area contributed by atoms with Crippen LogP contribution in [0.1, 0.15) is 34.5 Å². The minimum absolute atomic E-state index is 0.114. The number of nitrogens with one attached hydrogen (secondary N) is 1. The number of benzene rings is 1. The van der Waals surface area contributed by atoms with Crippen LogP contribution in [-0.2, 0) is 4.79 Å². The van der Waals surface area contributed by atoms with Crippen molar-refractivity contribution in [1.82, 2.24) is 25.0 Å². The largest absolute Gasteiger partial charge is 0.368 e. The number of anilines is 1. The van der Waals surface area contributed by atoms with Gasteiger partial charge in [0.15, 0.2) is 0 Å². The molecular formula is C27H32N6O2. The number of piperazine rings is 1. The third-order valence-electron chi connectivity index (χ3n) is 7.09. The highest BCUT2D eigenvalue weighted by atomic mass is 16.2. The summed E-state index contributed by atoms with van der Waals surface area (Å²) in [5.41, 5.74) is 5.56. The predicted octanol–water partition coefficient (Wildman–Crippen LogP) is 3.29. The first kappa shape index (κ1) is 23.1. The van der Waals surface area contributed by atoms with E-state index in [0.29, 0.717) is 37.6 Å². The van der Waals surface area contributed by atoms with Crippen LogP contribution in [0.25, 0.3) is 11.4 Å². The number of amides is 2. The molecule has 2 aromatic heterocycles. The molecule has 1 unspecified atom stereocenters. The summed E-state index contributed by atoms with van der Waals surface area (Å²) in [6.07, 6.45) is 3.35. The SMILES string of the molecule is Cc1ccc(C)c(N2CCN(C(=O)C3CCCN(C(=O)c4cc(-c5ccccn5)n[nH]4)C3)CC2)c1. The zero-order chi connectivity index (χ0) is 24.4. The molecule has 0 saturated carbocycles. The molecule has 2 fully saturated rings. The van der Waals surface area contributed by atoms with Crippen LogP contribution in [-0.4, -0.2) is 76.1 Å². The number of aromatic nitrogens is 3. The number of H-pyrrole nitrogens is 1. The summed E-state index contributed by atoms with van der Waals surface area (Å²) >= 11 is 0. The fourth-order valence-corrected chi connectivity index (χ4v) is 5.10. The molecule has 2 amide bonds. The molecule has 8 nitrogen and oxygen atoms in total. The van der Waals surface area contributed by atoms with Crippen LogP contribution in [0.15, 0.2) is 48.7 Å². The van der Waals surface area contributed by atoms with Gasteiger partial charge in [-0.1, -0.05) is 18.2 Å². The van der Waals surface area contributed by atoms with Gasteiger partial charge in [0, 0.05) is 51.2 Å². The van der Waals surface area contributed by atoms with E-state index in [1.165, 1.54) is 16.8 Å². The predicted molar refractivity (Wildman–Crippen MR) is 135 cm³/mol. The van der Waals surface area contributed by atoms with Gasteiger partial charge in [-0.05, 0) is 62.1 Å². The monoisotopic (exact) mass is 472 g/mol. The second-order valence-corrected chi connectivity index (χ2v) is 9.57. The molecule has 0 radical (unpaired) electrons. The van der Waals surface area contributed by atoms with Crippen molar-refractivity contribution in [1.29, 1.82) is 0 Å². The lowest BCUT2D eigenvalue weighted by molar-refractivity contribution is -0.137. The number of piperidine rings is 1. The van der Waals surface area contributed by atoms with Crippen molar-refractivity contribution in [3.05, 3.63) is 65.5 Å². The molecule has 0 aliphatic carbocycles. The van der Waals surface area contributed by atoms with Crippen molar-refractivity contribution in [3.8, 4) is 11.4 Å². The summed E-state index contributed by atoms with van der Waals surface area (Å²) in [6, 6.07) is 13.9. The van der Waals surface area contributed by atoms with E-state index in [9.17, 15) is 9.59 Å². The number of carbonyl (C=O) groups excluding carboxylic acids is 2. The number of hydrogen-bond donors (Lipinski definition) is 1. The Kier molecular flexibility index (Phi) is 6.53. The van der Waals surface area contributed by atoms with Crippen LogP contribution >= 0.6 is 0 Å². The maximum Gasteiger partial charge on any atom is 0.271 e. The van der Waals surface area contributed by atoms with E-state index in [0.717, 1.165) is 31.6 Å². The number of pyridine rings is 1. The van der Waals surface area contributed by atoms with Gasteiger partial charge in [-0.25, -0.2) is 0 Å². The van der Waals surface area contributed by atoms with Crippen molar-refractivity contribution in [2.24, 2.45) is 5.92 Å². The number of aromatic amines is 1. The van der Waals surface area contributed by atoms with E-state index < -0.39 is 0 Å². The molecule has 1 atom stereocenters. The Bertz CT molecular complexity index is 1200. The Labute approximate surface area is 205 Å². The van der Waals surface area contributed by atoms with Crippen LogP contribution in [0.4, 0.5) is 5.69 Å². The second kappa shape index (κ2) is 9.90. The van der Waals surface area contributed by atoms with Gasteiger partial charge in [-0.2, -0.15) is 5.10 Å². The molecule has 5 rings (SSSR count). The van der Waals surface area contributed by atoms with Gasteiger partial charge in [0.05, 0.1) is 11.6 Å². The fourth-order valence-electron chi connectivity index (χ4n) is 5.10. The van der Waals surface area contributed by atoms with Crippen molar-refractivity contribution < 1.29 is 9.59 Å². The Morgan fingerprint density at radius 2 is 1.77 bits per heavy atom. The molecule has 35 heavy (non-hydrogen) atoms. The summed E-state index contributed by atoms with van der Waals surface area (Å²) in [6.45, 7) is 8.44. The molecule has 1 aromatic carbocycles. The molecule has 1 N–H and O–H groups in total. The molecule has 2 aliphatic heterocycles. The second-order valence-electron chi connectivity index (χ2n) is 9.57. The molecule has 8 heteroatoms. The molecule has 0 spiro atoms. The first-order valence-corrected chi connectivity index (χ1v) is 12.4. The number of likely N-dealkylation sites (tertiary alicyclic amines) is 1. The van der Waals surface area contributed by atoms with Crippen molar-refractivity contribution in [2.75, 3.05) is 44.2 Å². The smallest absolute Gasteiger partial charge is 0.271 e. The molecule has 182 valence electrons. The van der Waals surface area contributed by atoms with Crippen molar-refractivity contribution in [2.45, 2.75) is 26.7 Å². The number of carbonyl (C=O) groups is 2. The van der Waals surface area contributed by atoms with E-state index in [1.54, 1.807) is 17.2 Å². The summed E-state index contributed by atoms with van der Waals surface area (Å²) in [5.74, 6) is -0.100. The minimum atomic E-state index is -0.155. The fraction of sp³-hybridized carbons (Fsp3) is 0.407. The van der Waals surface area contributed by atoms with Crippen LogP contribution in [0.2, 0.25) is 0 Å². The highest BCUT2D eigenvalue weighted by Gasteiger charge is 2.33. The van der Waals surface area contributed by atoms with Gasteiger partial charge in [-0.15, -0.1) is 0 Å². The average molecular weight is 473 g/mol. The Morgan fingerprint density at radius 1 is 0.943 bits per heavy atom.